The number of carboxylic acid groups (broad SMARTS) is 1. The number of thiol groups is 1. The van der Waals surface area contributed by atoms with Gasteiger partial charge in [0.2, 0.25) is 17.7 Å². The average molecular weight is 332 g/mol. The molecule has 1 saturated heterocycles. The second kappa shape index (κ2) is 8.59. The van der Waals surface area contributed by atoms with E-state index in [1.54, 1.807) is 0 Å². The van der Waals surface area contributed by atoms with E-state index in [2.05, 4.69) is 23.3 Å². The molecule has 0 radical (unpaired) electrons. The second-order valence-corrected chi connectivity index (χ2v) is 5.17. The number of aliphatic carboxylic acids is 1. The van der Waals surface area contributed by atoms with E-state index in [1.165, 1.54) is 4.90 Å². The van der Waals surface area contributed by atoms with E-state index >= 15 is 0 Å². The molecule has 0 aliphatic carbocycles. The number of hydrogen-bond acceptors (Lipinski definition) is 6. The van der Waals surface area contributed by atoms with Crippen molar-refractivity contribution < 1.29 is 24.3 Å². The molecule has 0 saturated carbocycles. The van der Waals surface area contributed by atoms with Gasteiger partial charge in [-0.3, -0.25) is 19.2 Å². The Kier molecular flexibility index (Phi) is 7.12. The SMILES string of the molecule is NCC(=O)NC(CS)C(=O)N1CCCC1C(=O)NCC(=O)O. The molecule has 10 heteroatoms. The topological polar surface area (TPSA) is 142 Å². The molecule has 3 amide bonds. The van der Waals surface area contributed by atoms with Gasteiger partial charge in [0.1, 0.15) is 18.6 Å². The highest BCUT2D eigenvalue weighted by atomic mass is 32.1. The van der Waals surface area contributed by atoms with Crippen molar-refractivity contribution in [3.8, 4) is 0 Å². The van der Waals surface area contributed by atoms with E-state index in [0.717, 1.165) is 0 Å². The second-order valence-electron chi connectivity index (χ2n) is 4.81. The van der Waals surface area contributed by atoms with Crippen LogP contribution in [0.1, 0.15) is 12.8 Å². The normalized spacial score (nSPS) is 18.6. The van der Waals surface area contributed by atoms with E-state index < -0.39 is 42.3 Å². The van der Waals surface area contributed by atoms with Gasteiger partial charge in [-0.2, -0.15) is 12.6 Å². The number of carbonyl (C=O) groups is 4. The molecule has 0 aromatic carbocycles. The molecule has 1 aliphatic rings. The zero-order valence-corrected chi connectivity index (χ0v) is 12.8. The lowest BCUT2D eigenvalue weighted by Gasteiger charge is -2.27. The molecule has 1 aliphatic heterocycles. The van der Waals surface area contributed by atoms with E-state index in [-0.39, 0.29) is 12.3 Å². The molecule has 1 fully saturated rings. The number of nitrogens with zero attached hydrogens (tertiary/aromatic N) is 1. The van der Waals surface area contributed by atoms with Gasteiger partial charge in [0.05, 0.1) is 6.54 Å². The highest BCUT2D eigenvalue weighted by Gasteiger charge is 2.37. The van der Waals surface area contributed by atoms with Crippen molar-refractivity contribution in [2.24, 2.45) is 5.73 Å². The number of nitrogens with one attached hydrogen (secondary N) is 2. The first-order chi connectivity index (χ1) is 10.4. The summed E-state index contributed by atoms with van der Waals surface area (Å²) in [7, 11) is 0. The number of carbonyl (C=O) groups excluding carboxylic acids is 3. The van der Waals surface area contributed by atoms with Crippen LogP contribution in [0.2, 0.25) is 0 Å². The minimum Gasteiger partial charge on any atom is -0.480 e. The molecular formula is C12H20N4O5S. The standard InChI is InChI=1S/C12H20N4O5S/c13-4-9(17)15-7(6-22)12(21)16-3-1-2-8(16)11(20)14-5-10(18)19/h7-8,22H,1-6,13H2,(H,14,20)(H,15,17)(H,18,19). The summed E-state index contributed by atoms with van der Waals surface area (Å²) in [6, 6.07) is -1.60. The summed E-state index contributed by atoms with van der Waals surface area (Å²) in [4.78, 5) is 47.5. The van der Waals surface area contributed by atoms with Crippen LogP contribution in [0.3, 0.4) is 0 Å². The molecular weight excluding hydrogens is 312 g/mol. The van der Waals surface area contributed by atoms with Crippen molar-refractivity contribution in [3.05, 3.63) is 0 Å². The Bertz CT molecular complexity index is 459. The van der Waals surface area contributed by atoms with Crippen LogP contribution in [0.4, 0.5) is 0 Å². The average Bonchev–Trinajstić information content (AvgIpc) is 2.98. The predicted octanol–water partition coefficient (Wildman–Crippen LogP) is -2.45. The smallest absolute Gasteiger partial charge is 0.322 e. The summed E-state index contributed by atoms with van der Waals surface area (Å²) in [5.41, 5.74) is 5.19. The maximum Gasteiger partial charge on any atom is 0.322 e. The number of rotatable bonds is 7. The molecule has 9 nitrogen and oxygen atoms in total. The maximum atomic E-state index is 12.4. The lowest BCUT2D eigenvalue weighted by Crippen LogP contribution is -2.55. The summed E-state index contributed by atoms with van der Waals surface area (Å²) in [5.74, 6) is -2.52. The number of nitrogens with two attached hydrogens (primary N) is 1. The zero-order chi connectivity index (χ0) is 16.7. The van der Waals surface area contributed by atoms with Crippen molar-refractivity contribution in [1.29, 1.82) is 0 Å². The Labute approximate surface area is 133 Å². The highest BCUT2D eigenvalue weighted by molar-refractivity contribution is 7.80. The van der Waals surface area contributed by atoms with Gasteiger partial charge in [-0.15, -0.1) is 0 Å². The number of carboxylic acids is 1. The van der Waals surface area contributed by atoms with Crippen LogP contribution in [0.25, 0.3) is 0 Å². The summed E-state index contributed by atoms with van der Waals surface area (Å²) < 4.78 is 0. The van der Waals surface area contributed by atoms with Gasteiger partial charge in [-0.1, -0.05) is 0 Å². The van der Waals surface area contributed by atoms with E-state index in [0.29, 0.717) is 19.4 Å². The zero-order valence-electron chi connectivity index (χ0n) is 11.9. The fraction of sp³-hybridized carbons (Fsp3) is 0.667. The Morgan fingerprint density at radius 1 is 1.36 bits per heavy atom. The summed E-state index contributed by atoms with van der Waals surface area (Å²) >= 11 is 4.03. The molecule has 124 valence electrons. The molecule has 2 atom stereocenters. The Morgan fingerprint density at radius 2 is 2.05 bits per heavy atom. The van der Waals surface area contributed by atoms with Gasteiger partial charge in [-0.25, -0.2) is 0 Å². The number of amides is 3. The fourth-order valence-corrected chi connectivity index (χ4v) is 2.47. The molecule has 1 rings (SSSR count). The van der Waals surface area contributed by atoms with Crippen LogP contribution in [0.5, 0.6) is 0 Å². The minimum absolute atomic E-state index is 0.0739. The van der Waals surface area contributed by atoms with Gasteiger partial charge >= 0.3 is 5.97 Å². The molecule has 22 heavy (non-hydrogen) atoms. The third-order valence-electron chi connectivity index (χ3n) is 3.25. The van der Waals surface area contributed by atoms with Crippen LogP contribution in [0, 0.1) is 0 Å². The highest BCUT2D eigenvalue weighted by Crippen LogP contribution is 2.18. The van der Waals surface area contributed by atoms with Crippen molar-refractivity contribution in [2.75, 3.05) is 25.4 Å². The molecule has 2 unspecified atom stereocenters. The first-order valence-electron chi connectivity index (χ1n) is 6.81. The van der Waals surface area contributed by atoms with Crippen LogP contribution in [-0.2, 0) is 19.2 Å². The minimum atomic E-state index is -1.16. The summed E-state index contributed by atoms with van der Waals surface area (Å²) in [5, 5.41) is 13.3. The molecule has 0 aromatic rings. The van der Waals surface area contributed by atoms with Gasteiger partial charge in [0.25, 0.3) is 0 Å². The fourth-order valence-electron chi connectivity index (χ4n) is 2.22. The van der Waals surface area contributed by atoms with Crippen molar-refractivity contribution >= 4 is 36.3 Å². The molecule has 0 bridgehead atoms. The molecule has 0 aromatic heterocycles. The van der Waals surface area contributed by atoms with Crippen LogP contribution < -0.4 is 16.4 Å². The van der Waals surface area contributed by atoms with Crippen molar-refractivity contribution in [1.82, 2.24) is 15.5 Å². The first kappa shape index (κ1) is 18.2. The monoisotopic (exact) mass is 332 g/mol. The molecule has 5 N–H and O–H groups in total. The quantitative estimate of drug-likeness (QED) is 0.328. The lowest BCUT2D eigenvalue weighted by molar-refractivity contribution is -0.142. The Morgan fingerprint density at radius 3 is 2.59 bits per heavy atom. The van der Waals surface area contributed by atoms with Crippen LogP contribution in [-0.4, -0.2) is 71.2 Å². The third-order valence-corrected chi connectivity index (χ3v) is 3.62. The van der Waals surface area contributed by atoms with Crippen molar-refractivity contribution in [2.45, 2.75) is 24.9 Å². The van der Waals surface area contributed by atoms with E-state index in [4.69, 9.17) is 10.8 Å². The van der Waals surface area contributed by atoms with E-state index in [9.17, 15) is 19.2 Å². The summed E-state index contributed by atoms with van der Waals surface area (Å²) in [6.07, 6.45) is 1.07. The van der Waals surface area contributed by atoms with Crippen LogP contribution >= 0.6 is 12.6 Å². The molecule has 0 spiro atoms. The lowest BCUT2D eigenvalue weighted by atomic mass is 10.2. The largest absolute Gasteiger partial charge is 0.480 e. The van der Waals surface area contributed by atoms with Gasteiger partial charge in [-0.05, 0) is 12.8 Å². The van der Waals surface area contributed by atoms with Crippen LogP contribution in [0.15, 0.2) is 0 Å². The number of hydrogen-bond donors (Lipinski definition) is 5. The van der Waals surface area contributed by atoms with Gasteiger partial charge in [0, 0.05) is 12.3 Å². The van der Waals surface area contributed by atoms with Gasteiger partial charge < -0.3 is 26.4 Å². The van der Waals surface area contributed by atoms with E-state index in [1.807, 2.05) is 0 Å². The Balaban J connectivity index is 2.71. The van der Waals surface area contributed by atoms with Crippen molar-refractivity contribution in [3.63, 3.8) is 0 Å². The first-order valence-corrected chi connectivity index (χ1v) is 7.44. The number of likely N-dealkylation sites (tertiary alicyclic amines) is 1. The summed E-state index contributed by atoms with van der Waals surface area (Å²) in [6.45, 7) is -0.385. The maximum absolute atomic E-state index is 12.4. The predicted molar refractivity (Wildman–Crippen MR) is 80.2 cm³/mol. The van der Waals surface area contributed by atoms with Gasteiger partial charge in [0.15, 0.2) is 0 Å². The Hall–Kier alpha value is -1.81. The third kappa shape index (κ3) is 4.88. The molecule has 1 heterocycles.